The van der Waals surface area contributed by atoms with E-state index in [4.69, 9.17) is 45.0 Å². The van der Waals surface area contributed by atoms with Crippen LogP contribution in [0.4, 0.5) is 5.82 Å². The van der Waals surface area contributed by atoms with Crippen molar-refractivity contribution in [2.75, 3.05) is 10.9 Å². The number of hydrogen-bond donors (Lipinski definition) is 0. The summed E-state index contributed by atoms with van der Waals surface area (Å²) in [6.07, 6.45) is 2.25. The van der Waals surface area contributed by atoms with E-state index in [1.807, 2.05) is 46.1 Å². The van der Waals surface area contributed by atoms with Crippen molar-refractivity contribution < 1.29 is 0 Å². The van der Waals surface area contributed by atoms with Gasteiger partial charge in [0.15, 0.2) is 5.82 Å². The van der Waals surface area contributed by atoms with Gasteiger partial charge in [-0.3, -0.25) is 0 Å². The molecule has 0 saturated heterocycles. The van der Waals surface area contributed by atoms with Gasteiger partial charge in [0, 0.05) is 26.6 Å². The van der Waals surface area contributed by atoms with Crippen molar-refractivity contribution >= 4 is 57.4 Å². The van der Waals surface area contributed by atoms with Crippen molar-refractivity contribution in [1.29, 1.82) is 0 Å². The minimum absolute atomic E-state index is 0.0373. The van der Waals surface area contributed by atoms with E-state index in [1.54, 1.807) is 17.8 Å². The van der Waals surface area contributed by atoms with E-state index < -0.39 is 0 Å². The molecule has 3 aromatic carbocycles. The average molecular weight is 540 g/mol. The minimum atomic E-state index is 0.0373. The van der Waals surface area contributed by atoms with Gasteiger partial charge in [0.2, 0.25) is 0 Å². The van der Waals surface area contributed by atoms with Crippen LogP contribution >= 0.6 is 46.6 Å². The zero-order chi connectivity index (χ0) is 24.2. The van der Waals surface area contributed by atoms with Gasteiger partial charge in [-0.1, -0.05) is 89.0 Å². The predicted molar refractivity (Wildman–Crippen MR) is 148 cm³/mol. The summed E-state index contributed by atoms with van der Waals surface area (Å²) in [5, 5.41) is 15.1. The Morgan fingerprint density at radius 1 is 0.886 bits per heavy atom. The van der Waals surface area contributed by atoms with Crippen molar-refractivity contribution in [3.8, 4) is 16.9 Å². The molecular weight excluding hydrogens is 519 g/mol. The molecule has 1 aromatic heterocycles. The standard InChI is InChI=1S/C27H21Cl3N4S/c1-17-24(18-7-9-20(28)10-8-18)34(23-12-11-21(29)15-22(23)30)31-25(17)33-16-35-26(32-33)27(13-14-27)19-5-3-2-4-6-19/h2-12,15H,13-14,16H2,1H3. The predicted octanol–water partition coefficient (Wildman–Crippen LogP) is 8.36. The SMILES string of the molecule is Cc1c(N2CSC(C3(c4ccccc4)CC3)=N2)nn(-c2ccc(Cl)cc2Cl)c1-c1ccc(Cl)cc1. The molecule has 0 radical (unpaired) electrons. The fraction of sp³-hybridized carbons (Fsp3) is 0.185. The zero-order valence-corrected chi connectivity index (χ0v) is 22.0. The molecule has 1 saturated carbocycles. The number of hydrazone groups is 1. The van der Waals surface area contributed by atoms with Crippen LogP contribution in [0.15, 0.2) is 77.9 Å². The molecule has 0 spiro atoms. The number of aromatic nitrogens is 2. The molecule has 8 heteroatoms. The van der Waals surface area contributed by atoms with Crippen LogP contribution in [0.2, 0.25) is 15.1 Å². The molecule has 0 unspecified atom stereocenters. The fourth-order valence-corrected chi connectivity index (χ4v) is 6.44. The second kappa shape index (κ2) is 8.90. The molecule has 2 heterocycles. The van der Waals surface area contributed by atoms with Gasteiger partial charge in [0.05, 0.1) is 22.3 Å². The second-order valence-corrected chi connectivity index (χ2v) is 11.1. The summed E-state index contributed by atoms with van der Waals surface area (Å²) >= 11 is 20.8. The monoisotopic (exact) mass is 538 g/mol. The molecule has 0 bridgehead atoms. The van der Waals surface area contributed by atoms with Crippen molar-refractivity contribution in [3.05, 3.63) is 99.0 Å². The van der Waals surface area contributed by atoms with E-state index in [9.17, 15) is 0 Å². The highest BCUT2D eigenvalue weighted by Crippen LogP contribution is 2.53. The Balaban J connectivity index is 1.45. The van der Waals surface area contributed by atoms with E-state index in [1.165, 1.54) is 5.56 Å². The molecule has 4 aromatic rings. The normalized spacial score (nSPS) is 16.5. The number of thioether (sulfide) groups is 1. The van der Waals surface area contributed by atoms with Crippen molar-refractivity contribution in [3.63, 3.8) is 0 Å². The van der Waals surface area contributed by atoms with Crippen LogP contribution in [-0.2, 0) is 5.41 Å². The number of rotatable bonds is 5. The Kier molecular flexibility index (Phi) is 5.84. The molecule has 0 amide bonds. The zero-order valence-electron chi connectivity index (χ0n) is 18.9. The number of nitrogens with zero attached hydrogens (tertiary/aromatic N) is 4. The summed E-state index contributed by atoms with van der Waals surface area (Å²) in [5.41, 5.74) is 5.10. The highest BCUT2D eigenvalue weighted by atomic mass is 35.5. The van der Waals surface area contributed by atoms with E-state index in [-0.39, 0.29) is 5.41 Å². The maximum Gasteiger partial charge on any atom is 0.175 e. The van der Waals surface area contributed by atoms with Crippen LogP contribution in [-0.4, -0.2) is 20.7 Å². The molecule has 4 nitrogen and oxygen atoms in total. The third-order valence-corrected chi connectivity index (χ3v) is 8.53. The maximum atomic E-state index is 6.62. The third-order valence-electron chi connectivity index (χ3n) is 6.62. The number of benzene rings is 3. The lowest BCUT2D eigenvalue weighted by molar-refractivity contribution is 0.851. The summed E-state index contributed by atoms with van der Waals surface area (Å²) in [5.74, 6) is 1.53. The lowest BCUT2D eigenvalue weighted by atomic mass is 9.97. The largest absolute Gasteiger partial charge is 0.235 e. The molecule has 1 aliphatic carbocycles. The molecular formula is C27H21Cl3N4S. The van der Waals surface area contributed by atoms with Crippen LogP contribution in [0.25, 0.3) is 16.9 Å². The molecule has 0 atom stereocenters. The Morgan fingerprint density at radius 3 is 2.29 bits per heavy atom. The summed E-state index contributed by atoms with van der Waals surface area (Å²) in [7, 11) is 0. The van der Waals surface area contributed by atoms with Crippen LogP contribution in [0, 0.1) is 6.92 Å². The quantitative estimate of drug-likeness (QED) is 0.255. The van der Waals surface area contributed by atoms with Gasteiger partial charge in [-0.15, -0.1) is 5.10 Å². The van der Waals surface area contributed by atoms with Crippen LogP contribution in [0.3, 0.4) is 0 Å². The van der Waals surface area contributed by atoms with Crippen molar-refractivity contribution in [2.45, 2.75) is 25.2 Å². The molecule has 1 aliphatic heterocycles. The average Bonchev–Trinajstić information content (AvgIpc) is 3.40. The molecule has 176 valence electrons. The van der Waals surface area contributed by atoms with E-state index in [0.29, 0.717) is 15.1 Å². The Hall–Kier alpha value is -2.44. The smallest absolute Gasteiger partial charge is 0.175 e. The molecule has 6 rings (SSSR count). The highest BCUT2D eigenvalue weighted by molar-refractivity contribution is 8.14. The fourth-order valence-electron chi connectivity index (χ4n) is 4.64. The van der Waals surface area contributed by atoms with Gasteiger partial charge >= 0.3 is 0 Å². The molecule has 2 aliphatic rings. The number of halogens is 3. The van der Waals surface area contributed by atoms with Crippen LogP contribution < -0.4 is 5.01 Å². The van der Waals surface area contributed by atoms with Gasteiger partial charge in [-0.2, -0.15) is 5.10 Å². The Morgan fingerprint density at radius 2 is 1.60 bits per heavy atom. The first-order valence-electron chi connectivity index (χ1n) is 11.3. The van der Waals surface area contributed by atoms with Gasteiger partial charge in [-0.05, 0) is 55.7 Å². The van der Waals surface area contributed by atoms with Gasteiger partial charge in [-0.25, -0.2) is 9.69 Å². The summed E-state index contributed by atoms with van der Waals surface area (Å²) in [6, 6.07) is 23.9. The molecule has 0 N–H and O–H groups in total. The van der Waals surface area contributed by atoms with Crippen LogP contribution in [0.1, 0.15) is 24.0 Å². The minimum Gasteiger partial charge on any atom is -0.235 e. The second-order valence-electron chi connectivity index (χ2n) is 8.84. The van der Waals surface area contributed by atoms with Crippen molar-refractivity contribution in [1.82, 2.24) is 9.78 Å². The number of anilines is 1. The first-order valence-corrected chi connectivity index (χ1v) is 13.4. The van der Waals surface area contributed by atoms with Gasteiger partial charge < -0.3 is 0 Å². The Labute approximate surface area is 223 Å². The maximum absolute atomic E-state index is 6.62. The first-order chi connectivity index (χ1) is 17.0. The highest BCUT2D eigenvalue weighted by Gasteiger charge is 2.51. The van der Waals surface area contributed by atoms with E-state index >= 15 is 0 Å². The van der Waals surface area contributed by atoms with E-state index in [2.05, 4.69) is 37.3 Å². The topological polar surface area (TPSA) is 33.4 Å². The summed E-state index contributed by atoms with van der Waals surface area (Å²) in [6.45, 7) is 2.08. The lowest BCUT2D eigenvalue weighted by Crippen LogP contribution is -2.17. The Bertz CT molecular complexity index is 1440. The summed E-state index contributed by atoms with van der Waals surface area (Å²) < 4.78 is 1.88. The van der Waals surface area contributed by atoms with Gasteiger partial charge in [0.25, 0.3) is 0 Å². The lowest BCUT2D eigenvalue weighted by Gasteiger charge is -2.14. The third kappa shape index (κ3) is 4.05. The van der Waals surface area contributed by atoms with Gasteiger partial charge in [0.1, 0.15) is 5.04 Å². The summed E-state index contributed by atoms with van der Waals surface area (Å²) in [4.78, 5) is 0. The first kappa shape index (κ1) is 23.0. The van der Waals surface area contributed by atoms with Crippen LogP contribution in [0.5, 0.6) is 0 Å². The van der Waals surface area contributed by atoms with E-state index in [0.717, 1.165) is 52.1 Å². The van der Waals surface area contributed by atoms with Crippen molar-refractivity contribution in [2.24, 2.45) is 5.10 Å². The molecule has 35 heavy (non-hydrogen) atoms. The number of hydrogen-bond acceptors (Lipinski definition) is 4. The molecule has 1 fully saturated rings.